The van der Waals surface area contributed by atoms with Crippen LogP contribution in [0.2, 0.25) is 0 Å². The van der Waals surface area contributed by atoms with Crippen LogP contribution in [0.4, 0.5) is 13.2 Å². The molecule has 1 fully saturated rings. The number of aromatic nitrogens is 4. The molecule has 1 aromatic carbocycles. The lowest BCUT2D eigenvalue weighted by molar-refractivity contribution is -0.137. The van der Waals surface area contributed by atoms with Crippen molar-refractivity contribution in [2.45, 2.75) is 51.9 Å². The molecule has 2 unspecified atom stereocenters. The number of piperazine rings is 1. The predicted octanol–water partition coefficient (Wildman–Crippen LogP) is 4.53. The van der Waals surface area contributed by atoms with E-state index >= 15 is 0 Å². The Labute approximate surface area is 189 Å². The van der Waals surface area contributed by atoms with Gasteiger partial charge in [-0.25, -0.2) is 0 Å². The van der Waals surface area contributed by atoms with E-state index in [9.17, 15) is 13.2 Å². The van der Waals surface area contributed by atoms with E-state index in [-0.39, 0.29) is 23.5 Å². The lowest BCUT2D eigenvalue weighted by atomic mass is 10.1. The predicted molar refractivity (Wildman–Crippen MR) is 113 cm³/mol. The molecule has 3 aromatic rings. The first-order valence-electron chi connectivity index (χ1n) is 11.1. The zero-order valence-corrected chi connectivity index (χ0v) is 18.8. The Balaban J connectivity index is 1.37. The van der Waals surface area contributed by atoms with Gasteiger partial charge in [0.1, 0.15) is 0 Å². The average molecular weight is 464 g/mol. The molecule has 1 aliphatic heterocycles. The minimum Gasteiger partial charge on any atom is -0.338 e. The van der Waals surface area contributed by atoms with E-state index < -0.39 is 11.7 Å². The fourth-order valence-electron chi connectivity index (χ4n) is 3.94. The number of alkyl halides is 3. The molecule has 2 atom stereocenters. The van der Waals surface area contributed by atoms with Gasteiger partial charge in [-0.05, 0) is 32.4 Å². The van der Waals surface area contributed by atoms with Gasteiger partial charge in [-0.2, -0.15) is 23.1 Å². The normalized spacial score (nSPS) is 17.9. The Hall–Kier alpha value is -2.79. The van der Waals surface area contributed by atoms with Crippen LogP contribution in [-0.2, 0) is 12.6 Å². The fraction of sp³-hybridized carbons (Fsp3) is 0.545. The minimum absolute atomic E-state index is 0.0245. The van der Waals surface area contributed by atoms with Gasteiger partial charge in [0.25, 0.3) is 0 Å². The van der Waals surface area contributed by atoms with Crippen LogP contribution < -0.4 is 0 Å². The van der Waals surface area contributed by atoms with Gasteiger partial charge >= 0.3 is 6.18 Å². The quantitative estimate of drug-likeness (QED) is 0.504. The van der Waals surface area contributed by atoms with Crippen molar-refractivity contribution in [2.75, 3.05) is 26.2 Å². The molecule has 1 aliphatic rings. The summed E-state index contributed by atoms with van der Waals surface area (Å²) in [4.78, 5) is 13.4. The van der Waals surface area contributed by atoms with Gasteiger partial charge in [0.05, 0.1) is 17.6 Å². The molecule has 0 amide bonds. The third kappa shape index (κ3) is 5.25. The summed E-state index contributed by atoms with van der Waals surface area (Å²) in [6, 6.07) is 4.80. The van der Waals surface area contributed by atoms with Crippen LogP contribution >= 0.6 is 0 Å². The van der Waals surface area contributed by atoms with Gasteiger partial charge in [-0.15, -0.1) is 0 Å². The molecule has 0 radical (unpaired) electrons. The van der Waals surface area contributed by atoms with E-state index in [4.69, 9.17) is 9.05 Å². The van der Waals surface area contributed by atoms with Crippen LogP contribution in [0.25, 0.3) is 11.4 Å². The van der Waals surface area contributed by atoms with Crippen molar-refractivity contribution in [3.8, 4) is 11.4 Å². The second-order valence-electron chi connectivity index (χ2n) is 8.26. The average Bonchev–Trinajstić information content (AvgIpc) is 3.48. The summed E-state index contributed by atoms with van der Waals surface area (Å²) >= 11 is 0. The molecule has 1 saturated heterocycles. The van der Waals surface area contributed by atoms with Crippen LogP contribution in [0.3, 0.4) is 0 Å². The molecule has 178 valence electrons. The number of hydrogen-bond donors (Lipinski definition) is 0. The second kappa shape index (κ2) is 9.60. The van der Waals surface area contributed by atoms with Crippen LogP contribution in [0.5, 0.6) is 0 Å². The van der Waals surface area contributed by atoms with Crippen molar-refractivity contribution in [3.63, 3.8) is 0 Å². The number of rotatable bonds is 7. The molecule has 0 bridgehead atoms. The van der Waals surface area contributed by atoms with E-state index in [0.29, 0.717) is 11.8 Å². The first kappa shape index (κ1) is 23.4. The molecule has 33 heavy (non-hydrogen) atoms. The largest absolute Gasteiger partial charge is 0.416 e. The van der Waals surface area contributed by atoms with Crippen molar-refractivity contribution in [3.05, 3.63) is 47.4 Å². The molecule has 0 saturated carbocycles. The SMILES string of the molecule is CCCc1noc(C(C)N2CCN(C(C)c3nc(-c4cccc(C(F)(F)F)c4)no3)CC2)n1. The third-order valence-electron chi connectivity index (χ3n) is 6.01. The van der Waals surface area contributed by atoms with Crippen LogP contribution in [0.1, 0.15) is 62.4 Å². The minimum atomic E-state index is -4.43. The van der Waals surface area contributed by atoms with E-state index in [1.165, 1.54) is 12.1 Å². The Morgan fingerprint density at radius 2 is 1.55 bits per heavy atom. The molecule has 4 rings (SSSR count). The molecule has 8 nitrogen and oxygen atoms in total. The highest BCUT2D eigenvalue weighted by Gasteiger charge is 2.32. The number of aryl methyl sites for hydroxylation is 1. The summed E-state index contributed by atoms with van der Waals surface area (Å²) in [5, 5.41) is 7.95. The van der Waals surface area contributed by atoms with Gasteiger partial charge in [-0.1, -0.05) is 29.4 Å². The lowest BCUT2D eigenvalue weighted by Gasteiger charge is -2.38. The highest BCUT2D eigenvalue weighted by Crippen LogP contribution is 2.32. The van der Waals surface area contributed by atoms with Crippen molar-refractivity contribution < 1.29 is 22.2 Å². The van der Waals surface area contributed by atoms with Crippen molar-refractivity contribution in [1.82, 2.24) is 30.1 Å². The highest BCUT2D eigenvalue weighted by molar-refractivity contribution is 5.55. The maximum atomic E-state index is 13.0. The van der Waals surface area contributed by atoms with E-state index in [0.717, 1.165) is 57.0 Å². The fourth-order valence-corrected chi connectivity index (χ4v) is 3.94. The Morgan fingerprint density at radius 1 is 0.939 bits per heavy atom. The Morgan fingerprint density at radius 3 is 2.15 bits per heavy atom. The van der Waals surface area contributed by atoms with Gasteiger partial charge < -0.3 is 9.05 Å². The van der Waals surface area contributed by atoms with E-state index in [1.807, 2.05) is 6.92 Å². The number of benzene rings is 1. The zero-order valence-electron chi connectivity index (χ0n) is 18.8. The maximum absolute atomic E-state index is 13.0. The third-order valence-corrected chi connectivity index (χ3v) is 6.01. The van der Waals surface area contributed by atoms with Gasteiger partial charge in [0.2, 0.25) is 17.6 Å². The molecule has 3 heterocycles. The summed E-state index contributed by atoms with van der Waals surface area (Å²) in [6.45, 7) is 9.22. The Kier molecular flexibility index (Phi) is 6.80. The summed E-state index contributed by atoms with van der Waals surface area (Å²) in [5.41, 5.74) is -0.472. The van der Waals surface area contributed by atoms with Crippen LogP contribution in [0, 0.1) is 0 Å². The summed E-state index contributed by atoms with van der Waals surface area (Å²) in [7, 11) is 0. The van der Waals surface area contributed by atoms with E-state index in [1.54, 1.807) is 0 Å². The number of nitrogens with zero attached hydrogens (tertiary/aromatic N) is 6. The van der Waals surface area contributed by atoms with Gasteiger partial charge in [0.15, 0.2) is 5.82 Å². The maximum Gasteiger partial charge on any atom is 0.416 e. The molecular formula is C22H27F3N6O2. The molecule has 0 N–H and O–H groups in total. The Bertz CT molecular complexity index is 1060. The first-order valence-corrected chi connectivity index (χ1v) is 11.1. The summed E-state index contributed by atoms with van der Waals surface area (Å²) in [6.07, 6.45) is -2.66. The number of halogens is 3. The van der Waals surface area contributed by atoms with E-state index in [2.05, 4.69) is 43.9 Å². The topological polar surface area (TPSA) is 84.3 Å². The lowest BCUT2D eigenvalue weighted by Crippen LogP contribution is -2.47. The standard InChI is InChI=1S/C22H27F3N6O2/c1-4-6-18-26-20(32-28-18)14(2)30-9-11-31(12-10-30)15(3)21-27-19(29-33-21)16-7-5-8-17(13-16)22(23,24)25/h5,7-8,13-15H,4,6,9-12H2,1-3H3. The first-order chi connectivity index (χ1) is 15.8. The van der Waals surface area contributed by atoms with Gasteiger partial charge in [-0.3, -0.25) is 9.80 Å². The molecule has 2 aromatic heterocycles. The summed E-state index contributed by atoms with van der Waals surface area (Å²) < 4.78 is 49.8. The monoisotopic (exact) mass is 464 g/mol. The van der Waals surface area contributed by atoms with Gasteiger partial charge in [0, 0.05) is 38.2 Å². The van der Waals surface area contributed by atoms with Crippen LogP contribution in [-0.4, -0.2) is 56.3 Å². The highest BCUT2D eigenvalue weighted by atomic mass is 19.4. The van der Waals surface area contributed by atoms with Crippen LogP contribution in [0.15, 0.2) is 33.3 Å². The zero-order chi connectivity index (χ0) is 23.6. The smallest absolute Gasteiger partial charge is 0.338 e. The van der Waals surface area contributed by atoms with Crippen molar-refractivity contribution in [1.29, 1.82) is 0 Å². The second-order valence-corrected chi connectivity index (χ2v) is 8.26. The molecular weight excluding hydrogens is 437 g/mol. The number of hydrogen-bond acceptors (Lipinski definition) is 8. The molecule has 0 aliphatic carbocycles. The summed E-state index contributed by atoms with van der Waals surface area (Å²) in [5.74, 6) is 1.89. The molecule has 0 spiro atoms. The molecule has 11 heteroatoms. The van der Waals surface area contributed by atoms with Crippen molar-refractivity contribution in [2.24, 2.45) is 0 Å². The van der Waals surface area contributed by atoms with Crippen molar-refractivity contribution >= 4 is 0 Å².